The molecular weight excluding hydrogens is 364 g/mol. The number of halogens is 1. The van der Waals surface area contributed by atoms with Crippen LogP contribution in [0.4, 0.5) is 0 Å². The van der Waals surface area contributed by atoms with E-state index in [-0.39, 0.29) is 18.2 Å². The molecule has 2 N–H and O–H groups in total. The van der Waals surface area contributed by atoms with E-state index in [0.717, 1.165) is 18.5 Å². The lowest BCUT2D eigenvalue weighted by Gasteiger charge is -2.28. The molecule has 0 radical (unpaired) electrons. The topological polar surface area (TPSA) is 76.7 Å². The number of hydrogen-bond donors (Lipinski definition) is 2. The third-order valence-electron chi connectivity index (χ3n) is 4.88. The monoisotopic (exact) mass is 386 g/mol. The van der Waals surface area contributed by atoms with Crippen LogP contribution in [0.3, 0.4) is 0 Å². The van der Waals surface area contributed by atoms with Crippen LogP contribution < -0.4 is 4.74 Å². The Hall–Kier alpha value is -2.10. The second-order valence-electron chi connectivity index (χ2n) is 6.80. The maximum Gasteiger partial charge on any atom is 0.138 e. The van der Waals surface area contributed by atoms with Crippen molar-refractivity contribution >= 4 is 11.6 Å². The largest absolute Gasteiger partial charge is 0.489 e. The maximum atomic E-state index is 10.4. The number of nitriles is 1. The number of aliphatic hydroxyl groups excluding tert-OH is 2. The lowest BCUT2D eigenvalue weighted by molar-refractivity contribution is 0.0478. The quantitative estimate of drug-likeness (QED) is 0.765. The summed E-state index contributed by atoms with van der Waals surface area (Å²) in [6, 6.07) is 17.0. The van der Waals surface area contributed by atoms with E-state index in [1.165, 1.54) is 0 Å². The van der Waals surface area contributed by atoms with Crippen molar-refractivity contribution in [3.05, 3.63) is 64.7 Å². The zero-order valence-corrected chi connectivity index (χ0v) is 15.7. The van der Waals surface area contributed by atoms with Crippen molar-refractivity contribution in [2.24, 2.45) is 0 Å². The molecule has 27 heavy (non-hydrogen) atoms. The molecule has 2 aromatic rings. The fourth-order valence-corrected chi connectivity index (χ4v) is 3.70. The molecule has 0 bridgehead atoms. The van der Waals surface area contributed by atoms with E-state index >= 15 is 0 Å². The molecule has 1 saturated heterocycles. The smallest absolute Gasteiger partial charge is 0.138 e. The van der Waals surface area contributed by atoms with Crippen LogP contribution in [-0.2, 0) is 6.42 Å². The summed E-state index contributed by atoms with van der Waals surface area (Å²) in [5.41, 5.74) is 1.43. The lowest BCUT2D eigenvalue weighted by Crippen LogP contribution is -2.42. The Balaban J connectivity index is 1.57. The minimum absolute atomic E-state index is 0.0251. The van der Waals surface area contributed by atoms with E-state index in [0.29, 0.717) is 23.7 Å². The van der Waals surface area contributed by atoms with E-state index in [2.05, 4.69) is 4.90 Å². The Morgan fingerprint density at radius 1 is 1.22 bits per heavy atom. The van der Waals surface area contributed by atoms with Gasteiger partial charge >= 0.3 is 0 Å². The molecule has 1 aliphatic heterocycles. The highest BCUT2D eigenvalue weighted by atomic mass is 35.5. The zero-order valence-electron chi connectivity index (χ0n) is 15.0. The first kappa shape index (κ1) is 19.7. The molecule has 142 valence electrons. The molecule has 0 aliphatic carbocycles. The summed E-state index contributed by atoms with van der Waals surface area (Å²) in [6.45, 7) is 1.19. The first-order valence-corrected chi connectivity index (χ1v) is 9.41. The minimum Gasteiger partial charge on any atom is -0.489 e. The number of β-amino-alcohol motifs (C(OH)–C–C–N with tert-alkyl or cyclic N) is 1. The van der Waals surface area contributed by atoms with E-state index in [9.17, 15) is 15.5 Å². The van der Waals surface area contributed by atoms with Gasteiger partial charge < -0.3 is 14.9 Å². The molecule has 2 aromatic carbocycles. The maximum absolute atomic E-state index is 10.4. The third-order valence-corrected chi connectivity index (χ3v) is 5.19. The van der Waals surface area contributed by atoms with Gasteiger partial charge in [-0.1, -0.05) is 48.0 Å². The van der Waals surface area contributed by atoms with Gasteiger partial charge in [0.1, 0.15) is 30.1 Å². The van der Waals surface area contributed by atoms with Gasteiger partial charge in [-0.25, -0.2) is 0 Å². The molecule has 3 atom stereocenters. The summed E-state index contributed by atoms with van der Waals surface area (Å²) in [7, 11) is 0. The van der Waals surface area contributed by atoms with Crippen LogP contribution in [0, 0.1) is 11.3 Å². The van der Waals surface area contributed by atoms with Crippen LogP contribution >= 0.6 is 11.6 Å². The number of benzene rings is 2. The molecule has 5 nitrogen and oxygen atoms in total. The van der Waals surface area contributed by atoms with Gasteiger partial charge in [0.05, 0.1) is 11.1 Å². The van der Waals surface area contributed by atoms with Crippen molar-refractivity contribution in [1.29, 1.82) is 5.26 Å². The van der Waals surface area contributed by atoms with E-state index in [4.69, 9.17) is 16.3 Å². The second kappa shape index (κ2) is 9.20. The Morgan fingerprint density at radius 2 is 2.00 bits per heavy atom. The summed E-state index contributed by atoms with van der Waals surface area (Å²) in [5.74, 6) is 0.367. The molecule has 1 fully saturated rings. The normalized spacial score (nSPS) is 21.0. The predicted octanol–water partition coefficient (Wildman–Crippen LogP) is 2.63. The average molecular weight is 387 g/mol. The van der Waals surface area contributed by atoms with Gasteiger partial charge in [0.25, 0.3) is 0 Å². The van der Waals surface area contributed by atoms with E-state index in [1.54, 1.807) is 18.2 Å². The van der Waals surface area contributed by atoms with Crippen molar-refractivity contribution in [2.45, 2.75) is 31.1 Å². The first-order valence-electron chi connectivity index (χ1n) is 9.04. The summed E-state index contributed by atoms with van der Waals surface area (Å²) >= 11 is 5.99. The summed E-state index contributed by atoms with van der Waals surface area (Å²) in [6.07, 6.45) is 0.288. The minimum atomic E-state index is -0.737. The van der Waals surface area contributed by atoms with Crippen molar-refractivity contribution in [3.63, 3.8) is 0 Å². The van der Waals surface area contributed by atoms with Crippen molar-refractivity contribution in [1.82, 2.24) is 4.90 Å². The molecule has 0 aromatic heterocycles. The van der Waals surface area contributed by atoms with Gasteiger partial charge in [0.15, 0.2) is 0 Å². The van der Waals surface area contributed by atoms with Crippen LogP contribution in [-0.4, -0.2) is 53.1 Å². The Bertz CT molecular complexity index is 794. The van der Waals surface area contributed by atoms with Crippen LogP contribution in [0.25, 0.3) is 0 Å². The number of rotatable bonds is 7. The van der Waals surface area contributed by atoms with E-state index in [1.807, 2.05) is 36.4 Å². The number of likely N-dealkylation sites (tertiary alicyclic amines) is 1. The first-order chi connectivity index (χ1) is 13.1. The van der Waals surface area contributed by atoms with Gasteiger partial charge in [0.2, 0.25) is 0 Å². The average Bonchev–Trinajstić information content (AvgIpc) is 3.00. The van der Waals surface area contributed by atoms with Crippen molar-refractivity contribution < 1.29 is 14.9 Å². The number of nitrogens with zero attached hydrogens (tertiary/aromatic N) is 2. The molecule has 6 heteroatoms. The Labute approximate surface area is 164 Å². The summed E-state index contributed by atoms with van der Waals surface area (Å²) in [4.78, 5) is 2.11. The molecule has 0 unspecified atom stereocenters. The van der Waals surface area contributed by atoms with Crippen molar-refractivity contribution in [3.8, 4) is 11.8 Å². The van der Waals surface area contributed by atoms with E-state index < -0.39 is 12.2 Å². The Morgan fingerprint density at radius 3 is 2.74 bits per heavy atom. The number of ether oxygens (including phenoxy) is 1. The van der Waals surface area contributed by atoms with Gasteiger partial charge in [0, 0.05) is 19.1 Å². The highest BCUT2D eigenvalue weighted by Crippen LogP contribution is 2.26. The molecule has 0 spiro atoms. The van der Waals surface area contributed by atoms with Crippen LogP contribution in [0.5, 0.6) is 5.75 Å². The highest BCUT2D eigenvalue weighted by Gasteiger charge is 2.33. The predicted molar refractivity (Wildman–Crippen MR) is 104 cm³/mol. The summed E-state index contributed by atoms with van der Waals surface area (Å²) in [5, 5.41) is 30.3. The highest BCUT2D eigenvalue weighted by molar-refractivity contribution is 6.31. The standard InChI is InChI=1S/C21H23ClN2O3/c22-18-7-4-8-21(17(18)12-23)27-14-16(25)13-24-10-9-20(26)19(24)11-15-5-2-1-3-6-15/h1-8,16,19-20,25-26H,9-11,13-14H2/t16-,19-,20-/m1/s1. The molecule has 1 aliphatic rings. The SMILES string of the molecule is N#Cc1c(Cl)cccc1OC[C@H](O)CN1CC[C@@H](O)[C@H]1Cc1ccccc1. The van der Waals surface area contributed by atoms with Gasteiger partial charge in [-0.15, -0.1) is 0 Å². The lowest BCUT2D eigenvalue weighted by atomic mass is 10.0. The molecule has 0 saturated carbocycles. The van der Waals surface area contributed by atoms with Gasteiger partial charge in [-0.2, -0.15) is 5.26 Å². The molecular formula is C21H23ClN2O3. The second-order valence-corrected chi connectivity index (χ2v) is 7.20. The molecule has 1 heterocycles. The van der Waals surface area contributed by atoms with Crippen LogP contribution in [0.1, 0.15) is 17.5 Å². The van der Waals surface area contributed by atoms with Crippen LogP contribution in [0.15, 0.2) is 48.5 Å². The Kier molecular flexibility index (Phi) is 6.70. The van der Waals surface area contributed by atoms with Crippen LogP contribution in [0.2, 0.25) is 5.02 Å². The number of hydrogen-bond acceptors (Lipinski definition) is 5. The summed E-state index contributed by atoms with van der Waals surface area (Å²) < 4.78 is 5.62. The van der Waals surface area contributed by atoms with Gasteiger partial charge in [-0.3, -0.25) is 4.90 Å². The molecule has 0 amide bonds. The number of aliphatic hydroxyl groups is 2. The fraction of sp³-hybridized carbons (Fsp3) is 0.381. The zero-order chi connectivity index (χ0) is 19.2. The fourth-order valence-electron chi connectivity index (χ4n) is 3.49. The third kappa shape index (κ3) is 5.00. The van der Waals surface area contributed by atoms with Gasteiger partial charge in [-0.05, 0) is 30.5 Å². The van der Waals surface area contributed by atoms with Crippen molar-refractivity contribution in [2.75, 3.05) is 19.7 Å². The molecule has 3 rings (SSSR count).